The summed E-state index contributed by atoms with van der Waals surface area (Å²) in [7, 11) is 1.59. The summed E-state index contributed by atoms with van der Waals surface area (Å²) in [5.41, 5.74) is 0. The first-order valence-electron chi connectivity index (χ1n) is 4.07. The molecule has 0 radical (unpaired) electrons. The van der Waals surface area contributed by atoms with Crippen molar-refractivity contribution >= 4 is 19.7 Å². The van der Waals surface area contributed by atoms with Crippen LogP contribution in [0.4, 0.5) is 0 Å². The fourth-order valence-electron chi connectivity index (χ4n) is 0.684. The first kappa shape index (κ1) is 13.7. The topological polar surface area (TPSA) is 52.6 Å². The zero-order valence-electron chi connectivity index (χ0n) is 7.74. The average Bonchev–Trinajstić information content (AvgIpc) is 2.08. The smallest absolute Gasteiger partial charge is 0.232 e. The molecule has 0 aliphatic carbocycles. The number of rotatable bonds is 8. The van der Waals surface area contributed by atoms with Gasteiger partial charge in [-0.25, -0.2) is 8.42 Å². The van der Waals surface area contributed by atoms with Crippen LogP contribution in [0.3, 0.4) is 0 Å². The highest BCUT2D eigenvalue weighted by atomic mass is 35.7. The Morgan fingerprint density at radius 2 is 1.86 bits per heavy atom. The number of hydrogen-bond donors (Lipinski definition) is 0. The van der Waals surface area contributed by atoms with E-state index in [1.54, 1.807) is 0 Å². The zero-order chi connectivity index (χ0) is 10.9. The lowest BCUT2D eigenvalue weighted by Gasteiger charge is -2.02. The minimum absolute atomic E-state index is 0.0697. The van der Waals surface area contributed by atoms with Gasteiger partial charge in [0.1, 0.15) is 6.61 Å². The van der Waals surface area contributed by atoms with Gasteiger partial charge in [-0.05, 0) is 6.42 Å². The SMILES string of the molecule is C#CCOCCOCCCS(=O)(=O)Cl. The van der Waals surface area contributed by atoms with Gasteiger partial charge < -0.3 is 9.47 Å². The maximum atomic E-state index is 10.5. The second kappa shape index (κ2) is 8.06. The summed E-state index contributed by atoms with van der Waals surface area (Å²) >= 11 is 0. The van der Waals surface area contributed by atoms with Crippen molar-refractivity contribution in [2.24, 2.45) is 0 Å². The molecule has 0 aromatic heterocycles. The molecule has 0 rings (SSSR count). The van der Waals surface area contributed by atoms with Crippen molar-refractivity contribution in [3.8, 4) is 12.3 Å². The zero-order valence-corrected chi connectivity index (χ0v) is 9.31. The lowest BCUT2D eigenvalue weighted by molar-refractivity contribution is 0.0607. The first-order valence-corrected chi connectivity index (χ1v) is 6.55. The molecule has 0 saturated heterocycles. The van der Waals surface area contributed by atoms with Crippen LogP contribution < -0.4 is 0 Å². The van der Waals surface area contributed by atoms with Crippen LogP contribution in [-0.4, -0.2) is 40.6 Å². The van der Waals surface area contributed by atoms with E-state index >= 15 is 0 Å². The van der Waals surface area contributed by atoms with Crippen LogP contribution in [0.2, 0.25) is 0 Å². The van der Waals surface area contributed by atoms with E-state index in [2.05, 4.69) is 5.92 Å². The molecule has 0 amide bonds. The fourth-order valence-corrected chi connectivity index (χ4v) is 1.47. The van der Waals surface area contributed by atoms with Gasteiger partial charge >= 0.3 is 0 Å². The highest BCUT2D eigenvalue weighted by molar-refractivity contribution is 8.13. The van der Waals surface area contributed by atoms with Crippen LogP contribution in [0.1, 0.15) is 6.42 Å². The first-order chi connectivity index (χ1) is 6.56. The third kappa shape index (κ3) is 11.7. The average molecular weight is 241 g/mol. The molecule has 0 aromatic carbocycles. The second-order valence-electron chi connectivity index (χ2n) is 2.47. The Morgan fingerprint density at radius 3 is 2.43 bits per heavy atom. The van der Waals surface area contributed by atoms with Crippen molar-refractivity contribution in [3.05, 3.63) is 0 Å². The number of ether oxygens (including phenoxy) is 2. The van der Waals surface area contributed by atoms with Crippen LogP contribution in [0.5, 0.6) is 0 Å². The van der Waals surface area contributed by atoms with Crippen LogP contribution >= 0.6 is 10.7 Å². The monoisotopic (exact) mass is 240 g/mol. The normalized spacial score (nSPS) is 11.1. The van der Waals surface area contributed by atoms with Gasteiger partial charge in [0, 0.05) is 17.3 Å². The van der Waals surface area contributed by atoms with E-state index in [0.29, 0.717) is 26.2 Å². The highest BCUT2D eigenvalue weighted by Crippen LogP contribution is 1.98. The summed E-state index contributed by atoms with van der Waals surface area (Å²) in [6, 6.07) is 0. The molecule has 0 fully saturated rings. The van der Waals surface area contributed by atoms with E-state index in [9.17, 15) is 8.42 Å². The predicted octanol–water partition coefficient (Wildman–Crippen LogP) is 0.612. The van der Waals surface area contributed by atoms with Crippen LogP contribution in [0, 0.1) is 12.3 Å². The number of hydrogen-bond acceptors (Lipinski definition) is 4. The maximum absolute atomic E-state index is 10.5. The lowest BCUT2D eigenvalue weighted by Crippen LogP contribution is -2.07. The molecule has 0 saturated carbocycles. The number of terminal acetylenes is 1. The summed E-state index contributed by atoms with van der Waals surface area (Å²) in [5.74, 6) is 2.25. The molecule has 0 aliphatic rings. The molecule has 0 bridgehead atoms. The van der Waals surface area contributed by atoms with E-state index in [-0.39, 0.29) is 12.4 Å². The quantitative estimate of drug-likeness (QED) is 0.354. The third-order valence-corrected chi connectivity index (χ3v) is 2.47. The van der Waals surface area contributed by atoms with Gasteiger partial charge in [-0.3, -0.25) is 0 Å². The summed E-state index contributed by atoms with van der Waals surface area (Å²) in [6.45, 7) is 1.44. The van der Waals surface area contributed by atoms with E-state index < -0.39 is 9.05 Å². The molecule has 0 N–H and O–H groups in total. The van der Waals surface area contributed by atoms with Crippen molar-refractivity contribution in [2.75, 3.05) is 32.2 Å². The third-order valence-electron chi connectivity index (χ3n) is 1.23. The molecular weight excluding hydrogens is 228 g/mol. The molecule has 0 spiro atoms. The number of halogens is 1. The van der Waals surface area contributed by atoms with Crippen molar-refractivity contribution < 1.29 is 17.9 Å². The van der Waals surface area contributed by atoms with Crippen LogP contribution in [0.25, 0.3) is 0 Å². The van der Waals surface area contributed by atoms with Gasteiger partial charge in [0.05, 0.1) is 19.0 Å². The molecule has 0 heterocycles. The molecule has 0 atom stereocenters. The van der Waals surface area contributed by atoms with Crippen molar-refractivity contribution in [1.29, 1.82) is 0 Å². The Balaban J connectivity index is 3.12. The minimum atomic E-state index is -3.39. The summed E-state index contributed by atoms with van der Waals surface area (Å²) in [4.78, 5) is 0. The fraction of sp³-hybridized carbons (Fsp3) is 0.750. The standard InChI is InChI=1S/C8H13ClO4S/c1-2-4-12-6-7-13-5-3-8-14(9,10)11/h1H,3-8H2. The van der Waals surface area contributed by atoms with Gasteiger partial charge in [0.2, 0.25) is 9.05 Å². The van der Waals surface area contributed by atoms with Crippen LogP contribution in [0.15, 0.2) is 0 Å². The van der Waals surface area contributed by atoms with Gasteiger partial charge in [-0.2, -0.15) is 0 Å². The van der Waals surface area contributed by atoms with Crippen molar-refractivity contribution in [3.63, 3.8) is 0 Å². The molecule has 0 aromatic rings. The Morgan fingerprint density at radius 1 is 1.21 bits per heavy atom. The van der Waals surface area contributed by atoms with Crippen molar-refractivity contribution in [1.82, 2.24) is 0 Å². The lowest BCUT2D eigenvalue weighted by atomic mass is 10.5. The largest absolute Gasteiger partial charge is 0.379 e. The summed E-state index contributed by atoms with van der Waals surface area (Å²) in [5, 5.41) is 0. The molecule has 82 valence electrons. The molecular formula is C8H13ClO4S. The van der Waals surface area contributed by atoms with Gasteiger partial charge in [-0.1, -0.05) is 5.92 Å². The van der Waals surface area contributed by atoms with E-state index in [0.717, 1.165) is 0 Å². The molecule has 4 nitrogen and oxygen atoms in total. The Bertz CT molecular complexity index is 268. The highest BCUT2D eigenvalue weighted by Gasteiger charge is 2.03. The Hall–Kier alpha value is -0.280. The summed E-state index contributed by atoms with van der Waals surface area (Å²) < 4.78 is 30.9. The Labute approximate surface area is 89.0 Å². The molecule has 6 heteroatoms. The molecule has 14 heavy (non-hydrogen) atoms. The Kier molecular flexibility index (Phi) is 7.90. The van der Waals surface area contributed by atoms with Gasteiger partial charge in [0.15, 0.2) is 0 Å². The van der Waals surface area contributed by atoms with Gasteiger partial charge in [0.25, 0.3) is 0 Å². The second-order valence-corrected chi connectivity index (χ2v) is 5.36. The van der Waals surface area contributed by atoms with Crippen molar-refractivity contribution in [2.45, 2.75) is 6.42 Å². The molecule has 0 aliphatic heterocycles. The van der Waals surface area contributed by atoms with E-state index in [4.69, 9.17) is 26.6 Å². The van der Waals surface area contributed by atoms with E-state index in [1.807, 2.05) is 0 Å². The summed E-state index contributed by atoms with van der Waals surface area (Å²) in [6.07, 6.45) is 5.33. The van der Waals surface area contributed by atoms with Crippen LogP contribution in [-0.2, 0) is 18.5 Å². The van der Waals surface area contributed by atoms with E-state index in [1.165, 1.54) is 0 Å². The molecule has 0 unspecified atom stereocenters. The van der Waals surface area contributed by atoms with Gasteiger partial charge in [-0.15, -0.1) is 6.42 Å². The predicted molar refractivity (Wildman–Crippen MR) is 54.7 cm³/mol. The maximum Gasteiger partial charge on any atom is 0.232 e. The minimum Gasteiger partial charge on any atom is -0.379 e.